The van der Waals surface area contributed by atoms with E-state index in [2.05, 4.69) is 10.6 Å². The van der Waals surface area contributed by atoms with Gasteiger partial charge in [-0.1, -0.05) is 23.7 Å². The number of amides is 1. The van der Waals surface area contributed by atoms with Crippen molar-refractivity contribution in [3.05, 3.63) is 82.9 Å². The first kappa shape index (κ1) is 19.6. The molecule has 0 fully saturated rings. The molecule has 2 N–H and O–H groups in total. The Kier molecular flexibility index (Phi) is 6.40. The molecular formula is C22H21ClN2O3. The molecule has 0 saturated heterocycles. The fraction of sp³-hybridized carbons (Fsp3) is 0.136. The smallest absolute Gasteiger partial charge is 0.255 e. The number of carbonyl (C=O) groups is 1. The second-order valence-electron chi connectivity index (χ2n) is 6.08. The molecule has 0 aliphatic carbocycles. The molecule has 0 aromatic heterocycles. The lowest BCUT2D eigenvalue weighted by Gasteiger charge is -2.11. The summed E-state index contributed by atoms with van der Waals surface area (Å²) in [5.41, 5.74) is 3.23. The molecule has 0 bridgehead atoms. The normalized spacial score (nSPS) is 10.2. The predicted octanol–water partition coefficient (Wildman–Crippen LogP) is 5.22. The van der Waals surface area contributed by atoms with Crippen molar-refractivity contribution < 1.29 is 14.3 Å². The van der Waals surface area contributed by atoms with Gasteiger partial charge < -0.3 is 20.1 Å². The number of hydrogen-bond acceptors (Lipinski definition) is 4. The maximum Gasteiger partial charge on any atom is 0.255 e. The Hall–Kier alpha value is -3.18. The van der Waals surface area contributed by atoms with E-state index in [0.29, 0.717) is 34.3 Å². The van der Waals surface area contributed by atoms with Gasteiger partial charge in [-0.25, -0.2) is 0 Å². The summed E-state index contributed by atoms with van der Waals surface area (Å²) in [5.74, 6) is 1.19. The highest BCUT2D eigenvalue weighted by atomic mass is 35.5. The lowest BCUT2D eigenvalue weighted by Crippen LogP contribution is -2.11. The summed E-state index contributed by atoms with van der Waals surface area (Å²) < 4.78 is 10.6. The fourth-order valence-corrected chi connectivity index (χ4v) is 2.89. The number of benzene rings is 3. The molecule has 0 atom stereocenters. The highest BCUT2D eigenvalue weighted by Gasteiger charge is 2.07. The maximum atomic E-state index is 12.3. The van der Waals surface area contributed by atoms with Crippen molar-refractivity contribution in [2.75, 3.05) is 24.9 Å². The van der Waals surface area contributed by atoms with E-state index >= 15 is 0 Å². The second-order valence-corrected chi connectivity index (χ2v) is 6.52. The zero-order valence-corrected chi connectivity index (χ0v) is 16.4. The van der Waals surface area contributed by atoms with Crippen molar-refractivity contribution in [2.24, 2.45) is 0 Å². The van der Waals surface area contributed by atoms with Crippen LogP contribution >= 0.6 is 11.6 Å². The Labute approximate surface area is 169 Å². The number of halogens is 1. The van der Waals surface area contributed by atoms with E-state index in [0.717, 1.165) is 11.3 Å². The minimum atomic E-state index is -0.200. The lowest BCUT2D eigenvalue weighted by molar-refractivity contribution is 0.102. The summed E-state index contributed by atoms with van der Waals surface area (Å²) in [6, 6.07) is 20.1. The Morgan fingerprint density at radius 2 is 1.61 bits per heavy atom. The Balaban J connectivity index is 1.59. The number of rotatable bonds is 7. The Morgan fingerprint density at radius 3 is 2.29 bits per heavy atom. The monoisotopic (exact) mass is 396 g/mol. The SMILES string of the molecule is COc1ccc(CNc2ccc(NC(=O)c3cccc(Cl)c3)cc2)cc1OC. The number of carbonyl (C=O) groups excluding carboxylic acids is 1. The van der Waals surface area contributed by atoms with Gasteiger partial charge in [0.25, 0.3) is 5.91 Å². The molecule has 6 heteroatoms. The van der Waals surface area contributed by atoms with Crippen LogP contribution in [0.5, 0.6) is 11.5 Å². The van der Waals surface area contributed by atoms with Gasteiger partial charge in [-0.2, -0.15) is 0 Å². The second kappa shape index (κ2) is 9.15. The molecule has 0 heterocycles. The van der Waals surface area contributed by atoms with Crippen molar-refractivity contribution in [2.45, 2.75) is 6.54 Å². The molecule has 1 amide bonds. The number of anilines is 2. The third-order valence-corrected chi connectivity index (χ3v) is 4.41. The van der Waals surface area contributed by atoms with Gasteiger partial charge in [-0.05, 0) is 60.2 Å². The number of ether oxygens (including phenoxy) is 2. The van der Waals surface area contributed by atoms with Crippen molar-refractivity contribution in [3.63, 3.8) is 0 Å². The van der Waals surface area contributed by atoms with Gasteiger partial charge in [0, 0.05) is 28.5 Å². The van der Waals surface area contributed by atoms with E-state index in [1.165, 1.54) is 0 Å². The topological polar surface area (TPSA) is 59.6 Å². The maximum absolute atomic E-state index is 12.3. The van der Waals surface area contributed by atoms with Gasteiger partial charge in [-0.15, -0.1) is 0 Å². The summed E-state index contributed by atoms with van der Waals surface area (Å²) in [4.78, 5) is 12.3. The summed E-state index contributed by atoms with van der Waals surface area (Å²) in [5, 5.41) is 6.73. The van der Waals surface area contributed by atoms with Gasteiger partial charge in [0.1, 0.15) is 0 Å². The van der Waals surface area contributed by atoms with E-state index in [9.17, 15) is 4.79 Å². The number of nitrogens with one attached hydrogen (secondary N) is 2. The molecular weight excluding hydrogens is 376 g/mol. The van der Waals surface area contributed by atoms with E-state index in [4.69, 9.17) is 21.1 Å². The van der Waals surface area contributed by atoms with Crippen LogP contribution in [0.15, 0.2) is 66.7 Å². The van der Waals surface area contributed by atoms with Gasteiger partial charge in [0.05, 0.1) is 14.2 Å². The van der Waals surface area contributed by atoms with Crippen LogP contribution in [0.25, 0.3) is 0 Å². The molecule has 0 unspecified atom stereocenters. The average Bonchev–Trinajstić information content (AvgIpc) is 2.73. The molecule has 144 valence electrons. The van der Waals surface area contributed by atoms with Crippen molar-refractivity contribution in [1.29, 1.82) is 0 Å². The highest BCUT2D eigenvalue weighted by molar-refractivity contribution is 6.31. The van der Waals surface area contributed by atoms with Crippen molar-refractivity contribution >= 4 is 28.9 Å². The number of hydrogen-bond donors (Lipinski definition) is 2. The highest BCUT2D eigenvalue weighted by Crippen LogP contribution is 2.28. The zero-order chi connectivity index (χ0) is 19.9. The molecule has 0 aliphatic heterocycles. The van der Waals surface area contributed by atoms with Crippen LogP contribution in [0, 0.1) is 0 Å². The van der Waals surface area contributed by atoms with Gasteiger partial charge in [0.15, 0.2) is 11.5 Å². The van der Waals surface area contributed by atoms with Crippen LogP contribution in [-0.4, -0.2) is 20.1 Å². The van der Waals surface area contributed by atoms with Gasteiger partial charge >= 0.3 is 0 Å². The van der Waals surface area contributed by atoms with Gasteiger partial charge in [0.2, 0.25) is 0 Å². The lowest BCUT2D eigenvalue weighted by atomic mass is 10.2. The summed E-state index contributed by atoms with van der Waals surface area (Å²) >= 11 is 5.93. The fourth-order valence-electron chi connectivity index (χ4n) is 2.70. The van der Waals surface area contributed by atoms with Crippen molar-refractivity contribution in [3.8, 4) is 11.5 Å². The molecule has 0 spiro atoms. The minimum absolute atomic E-state index is 0.200. The molecule has 0 radical (unpaired) electrons. The van der Waals surface area contributed by atoms with Crippen molar-refractivity contribution in [1.82, 2.24) is 0 Å². The largest absolute Gasteiger partial charge is 0.493 e. The predicted molar refractivity (Wildman–Crippen MR) is 113 cm³/mol. The molecule has 3 rings (SSSR count). The van der Waals surface area contributed by atoms with Crippen LogP contribution in [0.4, 0.5) is 11.4 Å². The molecule has 5 nitrogen and oxygen atoms in total. The molecule has 3 aromatic rings. The summed E-state index contributed by atoms with van der Waals surface area (Å²) in [7, 11) is 3.23. The zero-order valence-electron chi connectivity index (χ0n) is 15.7. The van der Waals surface area contributed by atoms with Crippen LogP contribution in [0.2, 0.25) is 5.02 Å². The molecule has 0 aliphatic rings. The van der Waals surface area contributed by atoms with Crippen LogP contribution in [-0.2, 0) is 6.54 Å². The molecule has 0 saturated carbocycles. The summed E-state index contributed by atoms with van der Waals surface area (Å²) in [6.07, 6.45) is 0. The Morgan fingerprint density at radius 1 is 0.893 bits per heavy atom. The molecule has 28 heavy (non-hydrogen) atoms. The first-order chi connectivity index (χ1) is 13.6. The first-order valence-electron chi connectivity index (χ1n) is 8.71. The van der Waals surface area contributed by atoms with Crippen LogP contribution in [0.3, 0.4) is 0 Å². The minimum Gasteiger partial charge on any atom is -0.493 e. The van der Waals surface area contributed by atoms with Crippen LogP contribution < -0.4 is 20.1 Å². The van der Waals surface area contributed by atoms with Gasteiger partial charge in [-0.3, -0.25) is 4.79 Å². The van der Waals surface area contributed by atoms with E-state index in [-0.39, 0.29) is 5.91 Å². The molecule has 3 aromatic carbocycles. The van der Waals surface area contributed by atoms with E-state index in [1.54, 1.807) is 38.5 Å². The quantitative estimate of drug-likeness (QED) is 0.574. The first-order valence-corrected chi connectivity index (χ1v) is 9.08. The summed E-state index contributed by atoms with van der Waals surface area (Å²) in [6.45, 7) is 0.634. The van der Waals surface area contributed by atoms with E-state index < -0.39 is 0 Å². The average molecular weight is 397 g/mol. The third-order valence-electron chi connectivity index (χ3n) is 4.17. The standard InChI is InChI=1S/C22H21ClN2O3/c1-27-20-11-6-15(12-21(20)28-2)14-24-18-7-9-19(10-8-18)25-22(26)16-4-3-5-17(23)13-16/h3-13,24H,14H2,1-2H3,(H,25,26). The number of methoxy groups -OCH3 is 2. The van der Waals surface area contributed by atoms with E-state index in [1.807, 2.05) is 42.5 Å². The van der Waals surface area contributed by atoms with Crippen LogP contribution in [0.1, 0.15) is 15.9 Å². The third kappa shape index (κ3) is 4.96. The Bertz CT molecular complexity index is 958.